The molecule has 0 aliphatic rings. The molecule has 0 saturated heterocycles. The Labute approximate surface area is 140 Å². The number of hydrogen-bond acceptors (Lipinski definition) is 2. The molecule has 120 valence electrons. The molecule has 0 bridgehead atoms. The maximum Gasteiger partial charge on any atom is 0.251 e. The van der Waals surface area contributed by atoms with E-state index >= 15 is 0 Å². The Balaban J connectivity index is 2.12. The van der Waals surface area contributed by atoms with Gasteiger partial charge in [-0.1, -0.05) is 29.8 Å². The van der Waals surface area contributed by atoms with Gasteiger partial charge in [0.2, 0.25) is 5.91 Å². The van der Waals surface area contributed by atoms with Gasteiger partial charge in [0.1, 0.15) is 6.04 Å². The maximum atomic E-state index is 12.2. The molecule has 4 nitrogen and oxygen atoms in total. The Morgan fingerprint density at radius 1 is 1.09 bits per heavy atom. The monoisotopic (exact) mass is 330 g/mol. The fourth-order valence-electron chi connectivity index (χ4n) is 2.23. The van der Waals surface area contributed by atoms with Crippen molar-refractivity contribution in [2.75, 3.05) is 0 Å². The third kappa shape index (κ3) is 4.57. The fraction of sp³-hybridized carbons (Fsp3) is 0.222. The second-order valence-corrected chi connectivity index (χ2v) is 5.99. The SMILES string of the molecule is Cc1ccc(C[C@@H](NC(=O)c2ccc(Cl)cc2)C(N)=O)cc1C. The van der Waals surface area contributed by atoms with E-state index in [2.05, 4.69) is 5.32 Å². The highest BCUT2D eigenvalue weighted by Crippen LogP contribution is 2.13. The highest BCUT2D eigenvalue weighted by molar-refractivity contribution is 6.30. The minimum atomic E-state index is -0.764. The van der Waals surface area contributed by atoms with Crippen molar-refractivity contribution in [1.82, 2.24) is 5.32 Å². The van der Waals surface area contributed by atoms with Crippen LogP contribution in [-0.2, 0) is 11.2 Å². The first kappa shape index (κ1) is 17.0. The minimum absolute atomic E-state index is 0.352. The van der Waals surface area contributed by atoms with Crippen LogP contribution in [0.25, 0.3) is 0 Å². The second kappa shape index (κ2) is 7.29. The van der Waals surface area contributed by atoms with Crippen LogP contribution in [0, 0.1) is 13.8 Å². The highest BCUT2D eigenvalue weighted by atomic mass is 35.5. The molecule has 0 unspecified atom stereocenters. The first-order valence-electron chi connectivity index (χ1n) is 7.28. The number of hydrogen-bond donors (Lipinski definition) is 2. The van der Waals surface area contributed by atoms with Crippen LogP contribution >= 0.6 is 11.6 Å². The summed E-state index contributed by atoms with van der Waals surface area (Å²) in [4.78, 5) is 23.9. The molecule has 2 amide bonds. The minimum Gasteiger partial charge on any atom is -0.368 e. The van der Waals surface area contributed by atoms with Gasteiger partial charge in [-0.2, -0.15) is 0 Å². The summed E-state index contributed by atoms with van der Waals surface area (Å²) in [5.41, 5.74) is 9.12. The Kier molecular flexibility index (Phi) is 5.40. The molecule has 2 aromatic rings. The number of carbonyl (C=O) groups is 2. The van der Waals surface area contributed by atoms with Gasteiger partial charge in [0.15, 0.2) is 0 Å². The lowest BCUT2D eigenvalue weighted by Crippen LogP contribution is -2.45. The average Bonchev–Trinajstić information content (AvgIpc) is 2.50. The molecule has 0 saturated carbocycles. The maximum absolute atomic E-state index is 12.2. The van der Waals surface area contributed by atoms with E-state index in [-0.39, 0.29) is 5.91 Å². The molecule has 1 atom stereocenters. The van der Waals surface area contributed by atoms with Crippen LogP contribution < -0.4 is 11.1 Å². The summed E-state index contributed by atoms with van der Waals surface area (Å²) < 4.78 is 0. The molecule has 2 rings (SSSR count). The first-order chi connectivity index (χ1) is 10.9. The fourth-order valence-corrected chi connectivity index (χ4v) is 2.36. The molecule has 0 heterocycles. The Bertz CT molecular complexity index is 726. The predicted octanol–water partition coefficient (Wildman–Crippen LogP) is 2.78. The van der Waals surface area contributed by atoms with Crippen molar-refractivity contribution in [3.05, 3.63) is 69.7 Å². The van der Waals surface area contributed by atoms with Crippen molar-refractivity contribution in [3.8, 4) is 0 Å². The zero-order valence-electron chi connectivity index (χ0n) is 13.1. The van der Waals surface area contributed by atoms with Crippen LogP contribution in [0.3, 0.4) is 0 Å². The Morgan fingerprint density at radius 2 is 1.74 bits per heavy atom. The Hall–Kier alpha value is -2.33. The van der Waals surface area contributed by atoms with Crippen LogP contribution in [0.15, 0.2) is 42.5 Å². The van der Waals surface area contributed by atoms with E-state index in [1.165, 1.54) is 5.56 Å². The third-order valence-corrected chi connectivity index (χ3v) is 4.02. The molecular weight excluding hydrogens is 312 g/mol. The normalized spacial score (nSPS) is 11.8. The number of benzene rings is 2. The Morgan fingerprint density at radius 3 is 2.30 bits per heavy atom. The van der Waals surface area contributed by atoms with Gasteiger partial charge in [0, 0.05) is 17.0 Å². The van der Waals surface area contributed by atoms with Gasteiger partial charge >= 0.3 is 0 Å². The van der Waals surface area contributed by atoms with Crippen molar-refractivity contribution in [1.29, 1.82) is 0 Å². The summed E-state index contributed by atoms with van der Waals surface area (Å²) in [6.07, 6.45) is 0.357. The summed E-state index contributed by atoms with van der Waals surface area (Å²) in [6, 6.07) is 11.6. The molecule has 0 spiro atoms. The quantitative estimate of drug-likeness (QED) is 0.884. The number of rotatable bonds is 5. The summed E-state index contributed by atoms with van der Waals surface area (Å²) in [5.74, 6) is -0.917. The van der Waals surface area contributed by atoms with Crippen LogP contribution in [0.5, 0.6) is 0 Å². The first-order valence-corrected chi connectivity index (χ1v) is 7.66. The van der Waals surface area contributed by atoms with E-state index in [0.29, 0.717) is 17.0 Å². The van der Waals surface area contributed by atoms with Crippen LogP contribution in [0.1, 0.15) is 27.0 Å². The summed E-state index contributed by atoms with van der Waals surface area (Å²) in [6.45, 7) is 4.03. The van der Waals surface area contributed by atoms with Crippen molar-refractivity contribution < 1.29 is 9.59 Å². The summed E-state index contributed by atoms with van der Waals surface area (Å²) in [5, 5.41) is 3.22. The number of nitrogens with two attached hydrogens (primary N) is 1. The lowest BCUT2D eigenvalue weighted by Gasteiger charge is -2.16. The second-order valence-electron chi connectivity index (χ2n) is 5.56. The van der Waals surface area contributed by atoms with Gasteiger partial charge < -0.3 is 11.1 Å². The molecule has 5 heteroatoms. The molecular formula is C18H19ClN2O2. The standard InChI is InChI=1S/C18H19ClN2O2/c1-11-3-4-13(9-12(11)2)10-16(17(20)22)21-18(23)14-5-7-15(19)8-6-14/h3-9,16H,10H2,1-2H3,(H2,20,22)(H,21,23)/t16-/m1/s1. The van der Waals surface area contributed by atoms with Crippen molar-refractivity contribution in [2.24, 2.45) is 5.73 Å². The zero-order chi connectivity index (χ0) is 17.0. The molecule has 0 fully saturated rings. The molecule has 23 heavy (non-hydrogen) atoms. The number of carbonyl (C=O) groups excluding carboxylic acids is 2. The third-order valence-electron chi connectivity index (χ3n) is 3.77. The molecule has 2 aromatic carbocycles. The van der Waals surface area contributed by atoms with Crippen LogP contribution in [0.4, 0.5) is 0 Å². The molecule has 0 radical (unpaired) electrons. The summed E-state index contributed by atoms with van der Waals surface area (Å²) >= 11 is 5.80. The van der Waals surface area contributed by atoms with E-state index in [1.807, 2.05) is 32.0 Å². The van der Waals surface area contributed by atoms with E-state index in [4.69, 9.17) is 17.3 Å². The average molecular weight is 331 g/mol. The highest BCUT2D eigenvalue weighted by Gasteiger charge is 2.19. The van der Waals surface area contributed by atoms with Gasteiger partial charge in [0.25, 0.3) is 5.91 Å². The lowest BCUT2D eigenvalue weighted by atomic mass is 10.0. The number of nitrogens with one attached hydrogen (secondary N) is 1. The van der Waals surface area contributed by atoms with Gasteiger partial charge in [-0.05, 0) is 54.8 Å². The van der Waals surface area contributed by atoms with Crippen LogP contribution in [0.2, 0.25) is 5.02 Å². The number of primary amides is 1. The van der Waals surface area contributed by atoms with E-state index in [9.17, 15) is 9.59 Å². The number of aryl methyl sites for hydroxylation is 2. The predicted molar refractivity (Wildman–Crippen MR) is 91.5 cm³/mol. The van der Waals surface area contributed by atoms with Crippen LogP contribution in [-0.4, -0.2) is 17.9 Å². The zero-order valence-corrected chi connectivity index (χ0v) is 13.9. The van der Waals surface area contributed by atoms with Gasteiger partial charge in [0.05, 0.1) is 0 Å². The van der Waals surface area contributed by atoms with Crippen molar-refractivity contribution >= 4 is 23.4 Å². The smallest absolute Gasteiger partial charge is 0.251 e. The number of halogens is 1. The molecule has 0 aliphatic carbocycles. The van der Waals surface area contributed by atoms with Crippen molar-refractivity contribution in [2.45, 2.75) is 26.3 Å². The van der Waals surface area contributed by atoms with Gasteiger partial charge in [-0.15, -0.1) is 0 Å². The van der Waals surface area contributed by atoms with E-state index < -0.39 is 11.9 Å². The number of amides is 2. The van der Waals surface area contributed by atoms with Gasteiger partial charge in [-0.3, -0.25) is 9.59 Å². The van der Waals surface area contributed by atoms with E-state index in [1.54, 1.807) is 24.3 Å². The summed E-state index contributed by atoms with van der Waals surface area (Å²) in [7, 11) is 0. The van der Waals surface area contributed by atoms with E-state index in [0.717, 1.165) is 11.1 Å². The van der Waals surface area contributed by atoms with Gasteiger partial charge in [-0.25, -0.2) is 0 Å². The lowest BCUT2D eigenvalue weighted by molar-refractivity contribution is -0.119. The topological polar surface area (TPSA) is 72.2 Å². The largest absolute Gasteiger partial charge is 0.368 e. The molecule has 0 aliphatic heterocycles. The van der Waals surface area contributed by atoms with Crippen molar-refractivity contribution in [3.63, 3.8) is 0 Å². The molecule has 3 N–H and O–H groups in total. The molecule has 0 aromatic heterocycles.